The van der Waals surface area contributed by atoms with Crippen molar-refractivity contribution >= 4 is 11.6 Å². The van der Waals surface area contributed by atoms with E-state index in [2.05, 4.69) is 29.3 Å². The van der Waals surface area contributed by atoms with Crippen molar-refractivity contribution in [2.45, 2.75) is 38.8 Å². The molecule has 0 unspecified atom stereocenters. The topological polar surface area (TPSA) is 32.3 Å². The number of carbonyl (C=O) groups excluding carboxylic acids is 1. The number of rotatable bonds is 4. The van der Waals surface area contributed by atoms with Crippen LogP contribution in [0.1, 0.15) is 37.4 Å². The predicted molar refractivity (Wildman–Crippen MR) is 94.5 cm³/mol. The van der Waals surface area contributed by atoms with Gasteiger partial charge in [0.2, 0.25) is 5.91 Å². The zero-order chi connectivity index (χ0) is 17.1. The molecule has 1 amide bonds. The number of hydrogen-bond donors (Lipinski definition) is 1. The molecule has 0 spiro atoms. The predicted octanol–water partition coefficient (Wildman–Crippen LogP) is 3.84. The first-order chi connectivity index (χ1) is 11.5. The fraction of sp³-hybridized carbons (Fsp3) is 0.350. The average molecular weight is 326 g/mol. The molecule has 0 aromatic heterocycles. The minimum atomic E-state index is -0.268. The van der Waals surface area contributed by atoms with Crippen LogP contribution in [0, 0.1) is 5.82 Å². The summed E-state index contributed by atoms with van der Waals surface area (Å²) in [5.41, 5.74) is 3.35. The quantitative estimate of drug-likeness (QED) is 0.926. The first kappa shape index (κ1) is 16.5. The van der Waals surface area contributed by atoms with Crippen LogP contribution in [0.15, 0.2) is 48.5 Å². The average Bonchev–Trinajstić information content (AvgIpc) is 2.58. The summed E-state index contributed by atoms with van der Waals surface area (Å²) in [6.45, 7) is 4.41. The van der Waals surface area contributed by atoms with Crippen LogP contribution in [0.4, 0.5) is 10.1 Å². The number of halogens is 1. The van der Waals surface area contributed by atoms with Crippen LogP contribution in [0.3, 0.4) is 0 Å². The molecule has 0 saturated carbocycles. The zero-order valence-corrected chi connectivity index (χ0v) is 14.1. The summed E-state index contributed by atoms with van der Waals surface area (Å²) in [4.78, 5) is 14.7. The van der Waals surface area contributed by atoms with E-state index in [9.17, 15) is 9.18 Å². The van der Waals surface area contributed by atoms with E-state index in [0.29, 0.717) is 12.6 Å². The Morgan fingerprint density at radius 3 is 2.71 bits per heavy atom. The van der Waals surface area contributed by atoms with Gasteiger partial charge >= 0.3 is 0 Å². The number of aryl methyl sites for hydroxylation is 1. The Hall–Kier alpha value is -2.36. The molecule has 0 radical (unpaired) electrons. The van der Waals surface area contributed by atoms with Crippen molar-refractivity contribution in [1.29, 1.82) is 0 Å². The van der Waals surface area contributed by atoms with Gasteiger partial charge in [-0.2, -0.15) is 0 Å². The molecule has 2 atom stereocenters. The Balaban J connectivity index is 1.67. The molecular formula is C20H23FN2O. The Labute approximate surface area is 142 Å². The molecular weight excluding hydrogens is 303 g/mol. The summed E-state index contributed by atoms with van der Waals surface area (Å²) >= 11 is 0. The van der Waals surface area contributed by atoms with E-state index in [1.165, 1.54) is 17.7 Å². The van der Waals surface area contributed by atoms with Gasteiger partial charge in [-0.05, 0) is 56.0 Å². The second-order valence-electron chi connectivity index (χ2n) is 6.49. The fourth-order valence-electron chi connectivity index (χ4n) is 3.28. The van der Waals surface area contributed by atoms with Gasteiger partial charge in [-0.3, -0.25) is 4.79 Å². The molecule has 0 saturated heterocycles. The summed E-state index contributed by atoms with van der Waals surface area (Å²) in [7, 11) is 0. The maximum Gasteiger partial charge on any atom is 0.240 e. The maximum atomic E-state index is 13.0. The lowest BCUT2D eigenvalue weighted by atomic mass is 9.96. The number of benzene rings is 2. The molecule has 1 N–H and O–H groups in total. The van der Waals surface area contributed by atoms with E-state index in [1.807, 2.05) is 19.1 Å². The van der Waals surface area contributed by atoms with Crippen LogP contribution in [0.2, 0.25) is 0 Å². The lowest BCUT2D eigenvalue weighted by Gasteiger charge is -2.36. The highest BCUT2D eigenvalue weighted by atomic mass is 19.1. The van der Waals surface area contributed by atoms with E-state index >= 15 is 0 Å². The minimum absolute atomic E-state index is 0.0182. The number of anilines is 1. The molecule has 0 bridgehead atoms. The van der Waals surface area contributed by atoms with E-state index in [1.54, 1.807) is 12.1 Å². The first-order valence-corrected chi connectivity index (χ1v) is 8.44. The number of nitrogens with zero attached hydrogens (tertiary/aromatic N) is 1. The normalized spacial score (nSPS) is 18.0. The summed E-state index contributed by atoms with van der Waals surface area (Å²) in [5, 5.41) is 3.01. The number of hydrogen-bond acceptors (Lipinski definition) is 2. The van der Waals surface area contributed by atoms with Crippen molar-refractivity contribution in [2.75, 3.05) is 11.4 Å². The molecule has 0 fully saturated rings. The summed E-state index contributed by atoms with van der Waals surface area (Å²) < 4.78 is 13.0. The van der Waals surface area contributed by atoms with Gasteiger partial charge in [0.15, 0.2) is 0 Å². The molecule has 2 aromatic carbocycles. The third-order valence-corrected chi connectivity index (χ3v) is 4.73. The molecule has 24 heavy (non-hydrogen) atoms. The third-order valence-electron chi connectivity index (χ3n) is 4.73. The molecule has 3 nitrogen and oxygen atoms in total. The molecule has 1 aliphatic heterocycles. The lowest BCUT2D eigenvalue weighted by molar-refractivity contribution is -0.120. The largest absolute Gasteiger partial charge is 0.359 e. The van der Waals surface area contributed by atoms with Gasteiger partial charge in [0, 0.05) is 11.7 Å². The molecule has 3 rings (SSSR count). The summed E-state index contributed by atoms with van der Waals surface area (Å²) in [6, 6.07) is 14.7. The molecule has 2 aromatic rings. The molecule has 126 valence electrons. The molecule has 1 aliphatic rings. The number of para-hydroxylation sites is 1. The van der Waals surface area contributed by atoms with Crippen molar-refractivity contribution in [2.24, 2.45) is 0 Å². The van der Waals surface area contributed by atoms with Crippen LogP contribution >= 0.6 is 0 Å². The molecule has 0 aliphatic carbocycles. The van der Waals surface area contributed by atoms with Crippen molar-refractivity contribution in [3.63, 3.8) is 0 Å². The van der Waals surface area contributed by atoms with E-state index in [4.69, 9.17) is 0 Å². The monoisotopic (exact) mass is 326 g/mol. The number of carbonyl (C=O) groups is 1. The van der Waals surface area contributed by atoms with E-state index in [0.717, 1.165) is 24.1 Å². The summed E-state index contributed by atoms with van der Waals surface area (Å²) in [6.07, 6.45) is 2.11. The number of nitrogens with one attached hydrogen (secondary N) is 1. The van der Waals surface area contributed by atoms with Gasteiger partial charge in [0.25, 0.3) is 0 Å². The van der Waals surface area contributed by atoms with Crippen LogP contribution in [0.25, 0.3) is 0 Å². The third kappa shape index (κ3) is 3.58. The van der Waals surface area contributed by atoms with Gasteiger partial charge in [-0.1, -0.05) is 30.3 Å². The van der Waals surface area contributed by atoms with Crippen LogP contribution < -0.4 is 10.2 Å². The number of fused-ring (bicyclic) bond motifs is 1. The second-order valence-corrected chi connectivity index (χ2v) is 6.49. The van der Waals surface area contributed by atoms with Gasteiger partial charge in [-0.15, -0.1) is 0 Å². The van der Waals surface area contributed by atoms with E-state index in [-0.39, 0.29) is 17.8 Å². The highest BCUT2D eigenvalue weighted by molar-refractivity contribution is 5.82. The maximum absolute atomic E-state index is 13.0. The Bertz CT molecular complexity index is 714. The molecule has 1 heterocycles. The Kier molecular flexibility index (Phi) is 4.84. The standard InChI is InChI=1S/C20H23FN2O/c1-14-7-8-17-5-3-4-6-19(17)23(14)13-20(24)22-15(2)16-9-11-18(21)12-10-16/h3-6,9-12,14-15H,7-8,13H2,1-2H3,(H,22,24)/t14-,15-/m1/s1. The van der Waals surface area contributed by atoms with Crippen molar-refractivity contribution in [1.82, 2.24) is 5.32 Å². The fourth-order valence-corrected chi connectivity index (χ4v) is 3.28. The second kappa shape index (κ2) is 7.04. The summed E-state index contributed by atoms with van der Waals surface area (Å²) in [5.74, 6) is -0.286. The smallest absolute Gasteiger partial charge is 0.240 e. The highest BCUT2D eigenvalue weighted by Crippen LogP contribution is 2.30. The first-order valence-electron chi connectivity index (χ1n) is 8.44. The van der Waals surface area contributed by atoms with Crippen molar-refractivity contribution in [3.05, 3.63) is 65.5 Å². The van der Waals surface area contributed by atoms with Crippen LogP contribution in [-0.4, -0.2) is 18.5 Å². The van der Waals surface area contributed by atoms with Crippen LogP contribution in [0.5, 0.6) is 0 Å². The minimum Gasteiger partial charge on any atom is -0.359 e. The molecule has 4 heteroatoms. The van der Waals surface area contributed by atoms with Gasteiger partial charge in [-0.25, -0.2) is 4.39 Å². The van der Waals surface area contributed by atoms with E-state index < -0.39 is 0 Å². The van der Waals surface area contributed by atoms with Crippen molar-refractivity contribution < 1.29 is 9.18 Å². The number of amides is 1. The van der Waals surface area contributed by atoms with Gasteiger partial charge in [0.05, 0.1) is 12.6 Å². The Morgan fingerprint density at radius 1 is 1.25 bits per heavy atom. The van der Waals surface area contributed by atoms with Gasteiger partial charge in [0.1, 0.15) is 5.82 Å². The van der Waals surface area contributed by atoms with Crippen LogP contribution in [-0.2, 0) is 11.2 Å². The SMILES string of the molecule is C[C@@H]1CCc2ccccc2N1CC(=O)N[C@H](C)c1ccc(F)cc1. The lowest BCUT2D eigenvalue weighted by Crippen LogP contribution is -2.44. The van der Waals surface area contributed by atoms with Crippen molar-refractivity contribution in [3.8, 4) is 0 Å². The zero-order valence-electron chi connectivity index (χ0n) is 14.1. The highest BCUT2D eigenvalue weighted by Gasteiger charge is 2.24. The van der Waals surface area contributed by atoms with Gasteiger partial charge < -0.3 is 10.2 Å². The Morgan fingerprint density at radius 2 is 1.96 bits per heavy atom.